The second-order valence-corrected chi connectivity index (χ2v) is 2.13. The predicted octanol–water partition coefficient (Wildman–Crippen LogP) is 1.07. The molecule has 0 spiro atoms. The van der Waals surface area contributed by atoms with Crippen LogP contribution >= 0.6 is 0 Å². The third-order valence-electron chi connectivity index (χ3n) is 1.36. The van der Waals surface area contributed by atoms with E-state index in [0.717, 1.165) is 6.21 Å². The minimum Gasteiger partial charge on any atom is -0.507 e. The van der Waals surface area contributed by atoms with Gasteiger partial charge in [-0.3, -0.25) is 0 Å². The van der Waals surface area contributed by atoms with Crippen molar-refractivity contribution in [3.63, 3.8) is 0 Å². The molecule has 4 nitrogen and oxygen atoms in total. The van der Waals surface area contributed by atoms with Crippen LogP contribution in [0.1, 0.15) is 11.1 Å². The molecule has 0 aliphatic rings. The minimum atomic E-state index is -0.0770. The van der Waals surface area contributed by atoms with Crippen molar-refractivity contribution in [2.45, 2.75) is 0 Å². The summed E-state index contributed by atoms with van der Waals surface area (Å²) in [6.45, 7) is 0. The topological polar surface area (TPSA) is 76.6 Å². The molecule has 1 rings (SSSR count). The lowest BCUT2D eigenvalue weighted by atomic mass is 10.1. The molecule has 0 fully saturated rings. The summed E-state index contributed by atoms with van der Waals surface area (Å²) in [6.07, 6.45) is 1.09. The second-order valence-electron chi connectivity index (χ2n) is 2.13. The Balaban J connectivity index is 3.14. The summed E-state index contributed by atoms with van der Waals surface area (Å²) in [5.74, 6) is -0.0770. The molecule has 0 unspecified atom stereocenters. The van der Waals surface area contributed by atoms with Crippen molar-refractivity contribution in [3.05, 3.63) is 29.3 Å². The Morgan fingerprint density at radius 1 is 1.50 bits per heavy atom. The molecular weight excluding hydrogens is 156 g/mol. The summed E-state index contributed by atoms with van der Waals surface area (Å²) in [7, 11) is 0. The standard InChI is InChI=1S/C8H6N2O2/c9-4-6-1-2-7(5-10-12)8(11)3-6/h1-3,5,11-12H/b10-5+. The maximum Gasteiger partial charge on any atom is 0.125 e. The van der Waals surface area contributed by atoms with Crippen LogP contribution in [0.15, 0.2) is 23.4 Å². The lowest BCUT2D eigenvalue weighted by molar-refractivity contribution is 0.321. The van der Waals surface area contributed by atoms with Crippen molar-refractivity contribution in [2.75, 3.05) is 0 Å². The first kappa shape index (κ1) is 8.08. The molecule has 12 heavy (non-hydrogen) atoms. The van der Waals surface area contributed by atoms with Crippen LogP contribution in [0.5, 0.6) is 5.75 Å². The molecule has 4 heteroatoms. The quantitative estimate of drug-likeness (QED) is 0.368. The van der Waals surface area contributed by atoms with Crippen LogP contribution in [-0.2, 0) is 0 Å². The van der Waals surface area contributed by atoms with Gasteiger partial charge >= 0.3 is 0 Å². The molecule has 60 valence electrons. The van der Waals surface area contributed by atoms with Crippen LogP contribution in [-0.4, -0.2) is 16.5 Å². The van der Waals surface area contributed by atoms with Gasteiger partial charge in [0.1, 0.15) is 5.75 Å². The van der Waals surface area contributed by atoms with Gasteiger partial charge < -0.3 is 10.3 Å². The van der Waals surface area contributed by atoms with Crippen molar-refractivity contribution in [2.24, 2.45) is 5.16 Å². The Hall–Kier alpha value is -2.02. The predicted molar refractivity (Wildman–Crippen MR) is 42.2 cm³/mol. The van der Waals surface area contributed by atoms with Crippen molar-refractivity contribution in [1.29, 1.82) is 5.26 Å². The molecule has 0 saturated heterocycles. The highest BCUT2D eigenvalue weighted by Crippen LogP contribution is 2.16. The van der Waals surface area contributed by atoms with Crippen molar-refractivity contribution in [3.8, 4) is 11.8 Å². The van der Waals surface area contributed by atoms with Crippen LogP contribution in [0.3, 0.4) is 0 Å². The van der Waals surface area contributed by atoms with E-state index in [1.807, 2.05) is 6.07 Å². The summed E-state index contributed by atoms with van der Waals surface area (Å²) >= 11 is 0. The Kier molecular flexibility index (Phi) is 2.29. The number of hydrogen-bond acceptors (Lipinski definition) is 4. The average Bonchev–Trinajstić information content (AvgIpc) is 2.09. The zero-order valence-corrected chi connectivity index (χ0v) is 6.10. The van der Waals surface area contributed by atoms with Crippen molar-refractivity contribution < 1.29 is 10.3 Å². The summed E-state index contributed by atoms with van der Waals surface area (Å²) < 4.78 is 0. The van der Waals surface area contributed by atoms with Gasteiger partial charge in [-0.15, -0.1) is 0 Å². The average molecular weight is 162 g/mol. The Morgan fingerprint density at radius 3 is 2.75 bits per heavy atom. The van der Waals surface area contributed by atoms with Gasteiger partial charge in [-0.25, -0.2) is 0 Å². The molecule has 0 heterocycles. The molecule has 0 saturated carbocycles. The van der Waals surface area contributed by atoms with E-state index in [-0.39, 0.29) is 5.75 Å². The number of aromatic hydroxyl groups is 1. The van der Waals surface area contributed by atoms with E-state index in [2.05, 4.69) is 5.16 Å². The van der Waals surface area contributed by atoms with Gasteiger partial charge in [-0.2, -0.15) is 5.26 Å². The maximum absolute atomic E-state index is 9.20. The fourth-order valence-corrected chi connectivity index (χ4v) is 0.785. The van der Waals surface area contributed by atoms with Crippen molar-refractivity contribution in [1.82, 2.24) is 0 Å². The van der Waals surface area contributed by atoms with Crippen LogP contribution in [0.4, 0.5) is 0 Å². The number of nitriles is 1. The van der Waals surface area contributed by atoms with Gasteiger partial charge in [0.25, 0.3) is 0 Å². The number of rotatable bonds is 1. The van der Waals surface area contributed by atoms with Gasteiger partial charge in [0.2, 0.25) is 0 Å². The molecule has 0 aliphatic carbocycles. The first-order valence-corrected chi connectivity index (χ1v) is 3.18. The molecule has 0 bridgehead atoms. The number of nitrogens with zero attached hydrogens (tertiary/aromatic N) is 2. The van der Waals surface area contributed by atoms with E-state index in [1.165, 1.54) is 18.2 Å². The maximum atomic E-state index is 9.20. The highest BCUT2D eigenvalue weighted by molar-refractivity contribution is 5.83. The molecule has 0 aromatic heterocycles. The third-order valence-corrected chi connectivity index (χ3v) is 1.36. The fourth-order valence-electron chi connectivity index (χ4n) is 0.785. The van der Waals surface area contributed by atoms with Gasteiger partial charge in [0, 0.05) is 5.56 Å². The first-order valence-electron chi connectivity index (χ1n) is 3.18. The lowest BCUT2D eigenvalue weighted by Crippen LogP contribution is -1.83. The van der Waals surface area contributed by atoms with Crippen molar-refractivity contribution >= 4 is 6.21 Å². The van der Waals surface area contributed by atoms with E-state index >= 15 is 0 Å². The molecule has 0 atom stereocenters. The summed E-state index contributed by atoms with van der Waals surface area (Å²) in [4.78, 5) is 0. The molecular formula is C8H6N2O2. The Morgan fingerprint density at radius 2 is 2.25 bits per heavy atom. The monoisotopic (exact) mass is 162 g/mol. The zero-order valence-electron chi connectivity index (χ0n) is 6.10. The highest BCUT2D eigenvalue weighted by atomic mass is 16.4. The molecule has 0 aliphatic heterocycles. The van der Waals surface area contributed by atoms with Crippen LogP contribution in [0, 0.1) is 11.3 Å². The first-order chi connectivity index (χ1) is 5.77. The van der Waals surface area contributed by atoms with E-state index in [0.29, 0.717) is 11.1 Å². The van der Waals surface area contributed by atoms with Crippen LogP contribution in [0.25, 0.3) is 0 Å². The smallest absolute Gasteiger partial charge is 0.125 e. The normalized spacial score (nSPS) is 9.92. The summed E-state index contributed by atoms with van der Waals surface area (Å²) in [5, 5.41) is 28.6. The number of phenols is 1. The van der Waals surface area contributed by atoms with Gasteiger partial charge in [-0.05, 0) is 18.2 Å². The van der Waals surface area contributed by atoms with Gasteiger partial charge in [0.15, 0.2) is 0 Å². The molecule has 0 amide bonds. The largest absolute Gasteiger partial charge is 0.507 e. The third kappa shape index (κ3) is 1.52. The molecule has 0 radical (unpaired) electrons. The van der Waals surface area contributed by atoms with E-state index in [9.17, 15) is 5.11 Å². The van der Waals surface area contributed by atoms with Gasteiger partial charge in [-0.1, -0.05) is 5.16 Å². The zero-order chi connectivity index (χ0) is 8.97. The molecule has 2 N–H and O–H groups in total. The Bertz CT molecular complexity index is 353. The van der Waals surface area contributed by atoms with Gasteiger partial charge in [0.05, 0.1) is 17.8 Å². The lowest BCUT2D eigenvalue weighted by Gasteiger charge is -1.96. The fraction of sp³-hybridized carbons (Fsp3) is 0. The van der Waals surface area contributed by atoms with E-state index < -0.39 is 0 Å². The summed E-state index contributed by atoms with van der Waals surface area (Å²) in [6, 6.07) is 6.19. The van der Waals surface area contributed by atoms with Crippen LogP contribution < -0.4 is 0 Å². The number of phenolic OH excluding ortho intramolecular Hbond substituents is 1. The van der Waals surface area contributed by atoms with E-state index in [4.69, 9.17) is 10.5 Å². The SMILES string of the molecule is N#Cc1ccc(/C=N/O)c(O)c1. The summed E-state index contributed by atoms with van der Waals surface area (Å²) in [5.41, 5.74) is 0.735. The highest BCUT2D eigenvalue weighted by Gasteiger charge is 1.98. The molecule has 1 aromatic carbocycles. The van der Waals surface area contributed by atoms with Crippen LogP contribution in [0.2, 0.25) is 0 Å². The minimum absolute atomic E-state index is 0.0770. The number of benzene rings is 1. The Labute approximate surface area is 69.0 Å². The number of oxime groups is 1. The number of hydrogen-bond donors (Lipinski definition) is 2. The van der Waals surface area contributed by atoms with E-state index in [1.54, 1.807) is 0 Å². The molecule has 1 aromatic rings. The second kappa shape index (κ2) is 3.39.